The molecule has 0 saturated carbocycles. The van der Waals surface area contributed by atoms with Crippen LogP contribution in [-0.2, 0) is 0 Å². The maximum atomic E-state index is 6.07. The van der Waals surface area contributed by atoms with Crippen molar-refractivity contribution < 1.29 is 0 Å². The minimum Gasteiger partial charge on any atom is -0.347 e. The molecule has 2 rings (SSSR count). The Hall–Kier alpha value is -2.12. The first-order valence-corrected chi connectivity index (χ1v) is 5.89. The quantitative estimate of drug-likeness (QED) is 0.578. The van der Waals surface area contributed by atoms with E-state index in [4.69, 9.17) is 17.4 Å². The summed E-state index contributed by atoms with van der Waals surface area (Å²) in [5.74, 6) is 6.45. The SMILES string of the molecule is CN(C)c1nc(NN)nc(Nc2ccccc2Cl)n1. The average Bonchev–Trinajstić information content (AvgIpc) is 2.41. The Labute approximate surface area is 115 Å². The second kappa shape index (κ2) is 5.68. The minimum absolute atomic E-state index is 0.272. The summed E-state index contributed by atoms with van der Waals surface area (Å²) in [4.78, 5) is 14.2. The molecule has 1 heterocycles. The Bertz CT molecular complexity index is 573. The summed E-state index contributed by atoms with van der Waals surface area (Å²) in [5, 5.41) is 3.61. The lowest BCUT2D eigenvalue weighted by Crippen LogP contribution is -2.18. The van der Waals surface area contributed by atoms with Gasteiger partial charge in [0.05, 0.1) is 10.7 Å². The first-order chi connectivity index (χ1) is 9.10. The van der Waals surface area contributed by atoms with Crippen LogP contribution < -0.4 is 21.5 Å². The van der Waals surface area contributed by atoms with Crippen molar-refractivity contribution in [3.05, 3.63) is 29.3 Å². The Morgan fingerprint density at radius 3 is 2.42 bits per heavy atom. The number of rotatable bonds is 4. The van der Waals surface area contributed by atoms with E-state index in [2.05, 4.69) is 25.7 Å². The van der Waals surface area contributed by atoms with Gasteiger partial charge < -0.3 is 10.2 Å². The lowest BCUT2D eigenvalue weighted by molar-refractivity contribution is 0.957. The fourth-order valence-electron chi connectivity index (χ4n) is 1.37. The van der Waals surface area contributed by atoms with Gasteiger partial charge in [0.15, 0.2) is 0 Å². The summed E-state index contributed by atoms with van der Waals surface area (Å²) in [6.07, 6.45) is 0. The van der Waals surface area contributed by atoms with Gasteiger partial charge in [0.2, 0.25) is 17.8 Å². The smallest absolute Gasteiger partial charge is 0.243 e. The van der Waals surface area contributed by atoms with E-state index in [1.165, 1.54) is 0 Å². The zero-order chi connectivity index (χ0) is 13.8. The van der Waals surface area contributed by atoms with Gasteiger partial charge in [-0.2, -0.15) is 15.0 Å². The van der Waals surface area contributed by atoms with Crippen LogP contribution in [-0.4, -0.2) is 29.0 Å². The third kappa shape index (κ3) is 3.21. The van der Waals surface area contributed by atoms with E-state index in [1.807, 2.05) is 32.3 Å². The molecule has 4 N–H and O–H groups in total. The number of nitrogens with two attached hydrogens (primary N) is 1. The molecule has 0 unspecified atom stereocenters. The molecule has 100 valence electrons. The number of aromatic nitrogens is 3. The number of hydrogen-bond acceptors (Lipinski definition) is 7. The molecule has 0 spiro atoms. The van der Waals surface area contributed by atoms with E-state index in [1.54, 1.807) is 11.0 Å². The lowest BCUT2D eigenvalue weighted by atomic mass is 10.3. The minimum atomic E-state index is 0.272. The van der Waals surface area contributed by atoms with Crippen LogP contribution in [0.1, 0.15) is 0 Å². The molecule has 0 fully saturated rings. The first kappa shape index (κ1) is 13.3. The van der Waals surface area contributed by atoms with E-state index >= 15 is 0 Å². The zero-order valence-corrected chi connectivity index (χ0v) is 11.3. The van der Waals surface area contributed by atoms with Gasteiger partial charge in [-0.05, 0) is 12.1 Å². The Morgan fingerprint density at radius 1 is 1.11 bits per heavy atom. The van der Waals surface area contributed by atoms with Gasteiger partial charge in [-0.3, -0.25) is 5.43 Å². The highest BCUT2D eigenvalue weighted by Crippen LogP contribution is 2.24. The van der Waals surface area contributed by atoms with Crippen LogP contribution in [0.25, 0.3) is 0 Å². The van der Waals surface area contributed by atoms with Gasteiger partial charge in [-0.1, -0.05) is 23.7 Å². The van der Waals surface area contributed by atoms with Crippen molar-refractivity contribution in [3.63, 3.8) is 0 Å². The molecule has 7 nitrogen and oxygen atoms in total. The molecule has 1 aromatic carbocycles. The number of nitrogens with one attached hydrogen (secondary N) is 2. The average molecular weight is 280 g/mol. The Morgan fingerprint density at radius 2 is 1.79 bits per heavy atom. The molecule has 0 aliphatic rings. The van der Waals surface area contributed by atoms with Crippen LogP contribution in [0.5, 0.6) is 0 Å². The number of hydrogen-bond donors (Lipinski definition) is 3. The van der Waals surface area contributed by atoms with Crippen molar-refractivity contribution in [1.82, 2.24) is 15.0 Å². The molecule has 0 bridgehead atoms. The number of nitrogens with zero attached hydrogens (tertiary/aromatic N) is 4. The Kier molecular flexibility index (Phi) is 3.98. The highest BCUT2D eigenvalue weighted by molar-refractivity contribution is 6.33. The van der Waals surface area contributed by atoms with E-state index in [0.29, 0.717) is 22.6 Å². The molecule has 2 aromatic rings. The van der Waals surface area contributed by atoms with Crippen molar-refractivity contribution in [2.75, 3.05) is 29.7 Å². The van der Waals surface area contributed by atoms with Gasteiger partial charge in [0.1, 0.15) is 0 Å². The maximum Gasteiger partial charge on any atom is 0.243 e. The van der Waals surface area contributed by atoms with E-state index in [-0.39, 0.29) is 5.95 Å². The first-order valence-electron chi connectivity index (χ1n) is 5.51. The number of nitrogen functional groups attached to an aromatic ring is 1. The predicted molar refractivity (Wildman–Crippen MR) is 76.7 cm³/mol. The second-order valence-corrected chi connectivity index (χ2v) is 4.33. The molecule has 0 saturated heterocycles. The second-order valence-electron chi connectivity index (χ2n) is 3.93. The van der Waals surface area contributed by atoms with Crippen molar-refractivity contribution in [2.45, 2.75) is 0 Å². The molecule has 8 heteroatoms. The van der Waals surface area contributed by atoms with Gasteiger partial charge in [-0.15, -0.1) is 0 Å². The Balaban J connectivity index is 2.34. The van der Waals surface area contributed by atoms with E-state index < -0.39 is 0 Å². The lowest BCUT2D eigenvalue weighted by Gasteiger charge is -2.13. The summed E-state index contributed by atoms with van der Waals surface area (Å²) in [6, 6.07) is 7.32. The maximum absolute atomic E-state index is 6.07. The molecule has 0 amide bonds. The monoisotopic (exact) mass is 279 g/mol. The molecule has 0 aliphatic carbocycles. The molecule has 0 atom stereocenters. The summed E-state index contributed by atoms with van der Waals surface area (Å²) >= 11 is 6.07. The molecule has 1 aromatic heterocycles. The van der Waals surface area contributed by atoms with Crippen molar-refractivity contribution in [3.8, 4) is 0 Å². The van der Waals surface area contributed by atoms with Crippen LogP contribution in [0.4, 0.5) is 23.5 Å². The summed E-state index contributed by atoms with van der Waals surface area (Å²) in [5.41, 5.74) is 3.11. The number of anilines is 4. The molecule has 0 aliphatic heterocycles. The van der Waals surface area contributed by atoms with Crippen LogP contribution in [0, 0.1) is 0 Å². The highest BCUT2D eigenvalue weighted by atomic mass is 35.5. The van der Waals surface area contributed by atoms with Crippen molar-refractivity contribution in [1.29, 1.82) is 0 Å². The third-order valence-corrected chi connectivity index (χ3v) is 2.60. The topological polar surface area (TPSA) is 92.0 Å². The van der Waals surface area contributed by atoms with Crippen molar-refractivity contribution in [2.24, 2.45) is 5.84 Å². The molecular formula is C11H14ClN7. The van der Waals surface area contributed by atoms with Crippen LogP contribution >= 0.6 is 11.6 Å². The van der Waals surface area contributed by atoms with Crippen molar-refractivity contribution >= 4 is 35.1 Å². The fourth-order valence-corrected chi connectivity index (χ4v) is 1.55. The normalized spacial score (nSPS) is 10.1. The predicted octanol–water partition coefficient (Wildman–Crippen LogP) is 1.62. The van der Waals surface area contributed by atoms with Gasteiger partial charge >= 0.3 is 0 Å². The van der Waals surface area contributed by atoms with Crippen LogP contribution in [0.3, 0.4) is 0 Å². The summed E-state index contributed by atoms with van der Waals surface area (Å²) in [7, 11) is 3.66. The number of para-hydroxylation sites is 1. The van der Waals surface area contributed by atoms with Gasteiger partial charge in [-0.25, -0.2) is 5.84 Å². The summed E-state index contributed by atoms with van der Waals surface area (Å²) in [6.45, 7) is 0. The standard InChI is InChI=1S/C11H14ClN7/c1-19(2)11-16-9(15-10(17-11)18-13)14-8-6-4-3-5-7(8)12/h3-6H,13H2,1-2H3,(H2,14,15,16,17,18). The fraction of sp³-hybridized carbons (Fsp3) is 0.182. The van der Waals surface area contributed by atoms with E-state index in [9.17, 15) is 0 Å². The van der Waals surface area contributed by atoms with Gasteiger partial charge in [0.25, 0.3) is 0 Å². The van der Waals surface area contributed by atoms with Gasteiger partial charge in [0, 0.05) is 14.1 Å². The number of halogens is 1. The molecule has 0 radical (unpaired) electrons. The summed E-state index contributed by atoms with van der Waals surface area (Å²) < 4.78 is 0. The highest BCUT2D eigenvalue weighted by Gasteiger charge is 2.08. The molecular weight excluding hydrogens is 266 g/mol. The zero-order valence-electron chi connectivity index (χ0n) is 10.6. The van der Waals surface area contributed by atoms with Crippen LogP contribution in [0.2, 0.25) is 5.02 Å². The number of hydrazine groups is 1. The largest absolute Gasteiger partial charge is 0.347 e. The molecule has 19 heavy (non-hydrogen) atoms. The number of benzene rings is 1. The third-order valence-electron chi connectivity index (χ3n) is 2.27. The van der Waals surface area contributed by atoms with E-state index in [0.717, 1.165) is 0 Å². The van der Waals surface area contributed by atoms with Crippen LogP contribution in [0.15, 0.2) is 24.3 Å².